The van der Waals surface area contributed by atoms with Gasteiger partial charge in [-0.2, -0.15) is 13.8 Å². The number of anilines is 2. The van der Waals surface area contributed by atoms with Gasteiger partial charge >= 0.3 is 12.2 Å². The van der Waals surface area contributed by atoms with E-state index >= 15 is 0 Å². The van der Waals surface area contributed by atoms with Crippen molar-refractivity contribution in [2.24, 2.45) is 0 Å². The Morgan fingerprint density at radius 3 is 2.57 bits per heavy atom. The molecule has 0 bridgehead atoms. The van der Waals surface area contributed by atoms with Crippen molar-refractivity contribution < 1.29 is 27.0 Å². The van der Waals surface area contributed by atoms with Gasteiger partial charge in [0.15, 0.2) is 11.6 Å². The van der Waals surface area contributed by atoms with Crippen molar-refractivity contribution in [1.29, 1.82) is 0 Å². The first-order valence-electron chi connectivity index (χ1n) is 8.68. The fourth-order valence-corrected chi connectivity index (χ4v) is 2.70. The third-order valence-corrected chi connectivity index (χ3v) is 4.20. The molecule has 158 valence electrons. The number of methoxy groups -OCH3 is 1. The molecule has 0 amide bonds. The molecule has 3 rings (SSSR count). The summed E-state index contributed by atoms with van der Waals surface area (Å²) in [4.78, 5) is 16.1. The van der Waals surface area contributed by atoms with Gasteiger partial charge in [0.2, 0.25) is 11.7 Å². The number of benzene rings is 2. The Balaban J connectivity index is 2.00. The molecule has 0 fully saturated rings. The molecule has 0 aliphatic rings. The molecule has 3 aromatic rings. The lowest BCUT2D eigenvalue weighted by atomic mass is 10.2. The Bertz CT molecular complexity index is 1120. The molecule has 0 spiro atoms. The highest BCUT2D eigenvalue weighted by Gasteiger charge is 2.13. The zero-order chi connectivity index (χ0) is 21.8. The highest BCUT2D eigenvalue weighted by molar-refractivity contribution is 5.61. The maximum absolute atomic E-state index is 13.6. The fourth-order valence-electron chi connectivity index (χ4n) is 2.70. The molecule has 1 heterocycles. The normalized spacial score (nSPS) is 10.9. The van der Waals surface area contributed by atoms with Gasteiger partial charge in [-0.05, 0) is 36.2 Å². The van der Waals surface area contributed by atoms with Crippen LogP contribution in [0.1, 0.15) is 11.1 Å². The van der Waals surface area contributed by atoms with Gasteiger partial charge in [0.1, 0.15) is 5.75 Å². The largest absolute Gasteiger partial charge is 0.490 e. The second-order valence-electron chi connectivity index (χ2n) is 6.29. The third-order valence-electron chi connectivity index (χ3n) is 4.20. The van der Waals surface area contributed by atoms with Crippen molar-refractivity contribution in [3.8, 4) is 11.5 Å². The quantitative estimate of drug-likeness (QED) is 0.576. The molecule has 0 saturated heterocycles. The van der Waals surface area contributed by atoms with E-state index in [4.69, 9.17) is 4.74 Å². The molecule has 10 heteroatoms. The van der Waals surface area contributed by atoms with Gasteiger partial charge in [-0.1, -0.05) is 12.1 Å². The van der Waals surface area contributed by atoms with Crippen LogP contribution in [0.2, 0.25) is 0 Å². The van der Waals surface area contributed by atoms with Crippen LogP contribution in [0.4, 0.5) is 29.2 Å². The van der Waals surface area contributed by atoms with Crippen LogP contribution >= 0.6 is 0 Å². The number of rotatable bonds is 7. The van der Waals surface area contributed by atoms with Crippen LogP contribution in [0.25, 0.3) is 0 Å². The van der Waals surface area contributed by atoms with Gasteiger partial charge < -0.3 is 19.4 Å². The molecule has 0 saturated carbocycles. The molecule has 1 aromatic heterocycles. The number of ether oxygens (including phenoxy) is 2. The number of aryl methyl sites for hydroxylation is 1. The van der Waals surface area contributed by atoms with E-state index in [2.05, 4.69) is 15.0 Å². The van der Waals surface area contributed by atoms with E-state index in [-0.39, 0.29) is 24.0 Å². The Kier molecular flexibility index (Phi) is 6.24. The summed E-state index contributed by atoms with van der Waals surface area (Å²) in [6.45, 7) is -1.25. The van der Waals surface area contributed by atoms with E-state index in [0.717, 1.165) is 12.1 Å². The third kappa shape index (κ3) is 4.88. The van der Waals surface area contributed by atoms with Crippen molar-refractivity contribution in [2.45, 2.75) is 20.1 Å². The van der Waals surface area contributed by atoms with Crippen LogP contribution in [0, 0.1) is 18.6 Å². The van der Waals surface area contributed by atoms with E-state index in [1.807, 2.05) is 0 Å². The average molecular weight is 423 g/mol. The molecule has 6 nitrogen and oxygen atoms in total. The Morgan fingerprint density at radius 1 is 1.13 bits per heavy atom. The first-order chi connectivity index (χ1) is 14.3. The lowest BCUT2D eigenvalue weighted by molar-refractivity contribution is -0.0498. The van der Waals surface area contributed by atoms with Crippen molar-refractivity contribution in [3.63, 3.8) is 0 Å². The highest BCUT2D eigenvalue weighted by Crippen LogP contribution is 2.26. The maximum atomic E-state index is 13.6. The van der Waals surface area contributed by atoms with Crippen LogP contribution in [0.5, 0.6) is 11.5 Å². The summed E-state index contributed by atoms with van der Waals surface area (Å²) in [6.07, 6.45) is 1.35. The number of aromatic nitrogens is 2. The fraction of sp³-hybridized carbons (Fsp3) is 0.200. The predicted molar refractivity (Wildman–Crippen MR) is 102 cm³/mol. The molecular weight excluding hydrogens is 406 g/mol. The molecule has 0 unspecified atom stereocenters. The summed E-state index contributed by atoms with van der Waals surface area (Å²) in [5, 5.41) is 2.90. The summed E-state index contributed by atoms with van der Waals surface area (Å²) in [7, 11) is 1.29. The molecule has 0 aliphatic heterocycles. The summed E-state index contributed by atoms with van der Waals surface area (Å²) in [5.74, 6) is -2.10. The Hall–Kier alpha value is -3.56. The minimum atomic E-state index is -2.99. The summed E-state index contributed by atoms with van der Waals surface area (Å²) < 4.78 is 62.7. The van der Waals surface area contributed by atoms with Crippen molar-refractivity contribution in [3.05, 3.63) is 75.7 Å². The Labute approximate surface area is 168 Å². The van der Waals surface area contributed by atoms with Crippen LogP contribution in [0.15, 0.2) is 47.4 Å². The van der Waals surface area contributed by atoms with Gasteiger partial charge in [-0.15, -0.1) is 0 Å². The van der Waals surface area contributed by atoms with Gasteiger partial charge in [0.25, 0.3) is 0 Å². The van der Waals surface area contributed by atoms with Gasteiger partial charge in [0.05, 0.1) is 19.9 Å². The second-order valence-corrected chi connectivity index (χ2v) is 6.29. The van der Waals surface area contributed by atoms with Crippen molar-refractivity contribution in [2.75, 3.05) is 12.4 Å². The number of hydrogen-bond acceptors (Lipinski definition) is 5. The smallest absolute Gasteiger partial charge is 0.387 e. The van der Waals surface area contributed by atoms with E-state index in [0.29, 0.717) is 16.8 Å². The zero-order valence-electron chi connectivity index (χ0n) is 16.0. The zero-order valence-corrected chi connectivity index (χ0v) is 16.0. The molecule has 30 heavy (non-hydrogen) atoms. The topological polar surface area (TPSA) is 65.4 Å². The molecular formula is C20H17F4N3O3. The Morgan fingerprint density at radius 2 is 1.90 bits per heavy atom. The van der Waals surface area contributed by atoms with Crippen molar-refractivity contribution in [1.82, 2.24) is 9.55 Å². The van der Waals surface area contributed by atoms with Crippen LogP contribution in [-0.4, -0.2) is 23.3 Å². The summed E-state index contributed by atoms with van der Waals surface area (Å²) in [5.41, 5.74) is 0.764. The van der Waals surface area contributed by atoms with E-state index < -0.39 is 23.8 Å². The van der Waals surface area contributed by atoms with Gasteiger partial charge in [0, 0.05) is 11.8 Å². The average Bonchev–Trinajstić information content (AvgIpc) is 2.68. The number of nitrogens with zero attached hydrogens (tertiary/aromatic N) is 2. The molecule has 1 N–H and O–H groups in total. The lowest BCUT2D eigenvalue weighted by Crippen LogP contribution is -2.19. The molecule has 2 aromatic carbocycles. The lowest BCUT2D eigenvalue weighted by Gasteiger charge is -2.17. The number of halogens is 4. The van der Waals surface area contributed by atoms with Crippen LogP contribution in [0.3, 0.4) is 0 Å². The molecule has 0 aliphatic carbocycles. The van der Waals surface area contributed by atoms with Gasteiger partial charge in [-0.25, -0.2) is 8.78 Å². The van der Waals surface area contributed by atoms with Crippen LogP contribution in [-0.2, 0) is 6.54 Å². The SMILES string of the molecule is COc1cn(Cc2ccc(F)c(F)c2)c(Nc2cc(OC(F)F)ccc2C)nc1=O. The van der Waals surface area contributed by atoms with E-state index in [1.54, 1.807) is 13.0 Å². The number of hydrogen-bond donors (Lipinski definition) is 1. The first kappa shape index (κ1) is 21.2. The van der Waals surface area contributed by atoms with Crippen molar-refractivity contribution >= 4 is 11.6 Å². The van der Waals surface area contributed by atoms with Gasteiger partial charge in [-0.3, -0.25) is 4.79 Å². The molecule has 0 radical (unpaired) electrons. The standard InChI is InChI=1S/C20H17F4N3O3/c1-11-3-5-13(30-19(23)24)8-16(11)25-20-26-18(28)17(29-2)10-27(20)9-12-4-6-14(21)15(22)7-12/h3-8,10,19H,9H2,1-2H3,(H,25,26,28). The number of alkyl halides is 2. The minimum absolute atomic E-state index is 0.0233. The van der Waals surface area contributed by atoms with Crippen LogP contribution < -0.4 is 20.3 Å². The summed E-state index contributed by atoms with van der Waals surface area (Å²) >= 11 is 0. The first-order valence-corrected chi connectivity index (χ1v) is 8.68. The maximum Gasteiger partial charge on any atom is 0.387 e. The second kappa shape index (κ2) is 8.85. The van der Waals surface area contributed by atoms with E-state index in [1.165, 1.54) is 36.1 Å². The highest BCUT2D eigenvalue weighted by atomic mass is 19.3. The monoisotopic (exact) mass is 423 g/mol. The predicted octanol–water partition coefficient (Wildman–Crippen LogP) is 4.23. The number of nitrogens with one attached hydrogen (secondary N) is 1. The minimum Gasteiger partial charge on any atom is -0.490 e. The van der Waals surface area contributed by atoms with E-state index in [9.17, 15) is 22.4 Å². The summed E-state index contributed by atoms with van der Waals surface area (Å²) in [6, 6.07) is 7.66. The molecule has 0 atom stereocenters.